The van der Waals surface area contributed by atoms with E-state index in [-0.39, 0.29) is 17.1 Å². The monoisotopic (exact) mass is 376 g/mol. The minimum atomic E-state index is -1.75. The molecule has 0 radical (unpaired) electrons. The van der Waals surface area contributed by atoms with E-state index >= 15 is 0 Å². The molecule has 4 rings (SSSR count). The Morgan fingerprint density at radius 2 is 1.89 bits per heavy atom. The van der Waals surface area contributed by atoms with E-state index < -0.39 is 34.8 Å². The van der Waals surface area contributed by atoms with Crippen LogP contribution in [-0.4, -0.2) is 28.0 Å². The van der Waals surface area contributed by atoms with Crippen LogP contribution < -0.4 is 0 Å². The number of hydrogen-bond acceptors (Lipinski definition) is 4. The van der Waals surface area contributed by atoms with Gasteiger partial charge in [0, 0.05) is 23.0 Å². The summed E-state index contributed by atoms with van der Waals surface area (Å²) in [5, 5.41) is 21.6. The Labute approximate surface area is 159 Å². The second-order valence-electron chi connectivity index (χ2n) is 9.56. The Balaban J connectivity index is 1.85. The summed E-state index contributed by atoms with van der Waals surface area (Å²) in [6.07, 6.45) is 4.58. The van der Waals surface area contributed by atoms with Gasteiger partial charge < -0.3 is 10.2 Å². The molecule has 2 unspecified atom stereocenters. The smallest absolute Gasteiger partial charge is 0.208 e. The lowest BCUT2D eigenvalue weighted by Gasteiger charge is -2.55. The first-order chi connectivity index (χ1) is 12.6. The summed E-state index contributed by atoms with van der Waals surface area (Å²) in [6, 6.07) is 0. The van der Waals surface area contributed by atoms with Gasteiger partial charge in [-0.1, -0.05) is 26.7 Å². The molecule has 0 aromatic carbocycles. The first-order valence-electron chi connectivity index (χ1n) is 10.2. The van der Waals surface area contributed by atoms with E-state index in [1.165, 1.54) is 6.42 Å². The van der Waals surface area contributed by atoms with Crippen LogP contribution in [-0.2, 0) is 9.59 Å². The van der Waals surface area contributed by atoms with E-state index in [9.17, 15) is 24.2 Å². The first-order valence-corrected chi connectivity index (χ1v) is 10.2. The van der Waals surface area contributed by atoms with Crippen molar-refractivity contribution in [3.8, 4) is 0 Å². The molecule has 0 aliphatic heterocycles. The second-order valence-corrected chi connectivity index (χ2v) is 9.56. The molecule has 0 saturated heterocycles. The van der Waals surface area contributed by atoms with Crippen molar-refractivity contribution in [3.05, 3.63) is 22.7 Å². The van der Waals surface area contributed by atoms with Crippen LogP contribution in [0.15, 0.2) is 22.7 Å². The van der Waals surface area contributed by atoms with Crippen LogP contribution >= 0.6 is 0 Å². The molecular formula is C22H29FO4. The Morgan fingerprint density at radius 1 is 1.19 bits per heavy atom. The molecule has 0 aromatic rings. The summed E-state index contributed by atoms with van der Waals surface area (Å²) in [6.45, 7) is 5.20. The average Bonchev–Trinajstić information content (AvgIpc) is 2.81. The standard InChI is InChI=1S/C22H29FO4/c1-11(23)18(25)17-20(27)19(26)16-15-13(7-9-22(16,17)3)21(2)8-5-4-6-12(21)10-14(15)24/h11-13,17,24,26H,4-10H2,1-3H3/t11?,12?,13-,17-,21-,22-/m0/s1. The molecule has 0 heterocycles. The number of fused-ring (bicyclic) bond motifs is 5. The van der Waals surface area contributed by atoms with Crippen molar-refractivity contribution in [2.24, 2.45) is 28.6 Å². The highest BCUT2D eigenvalue weighted by Gasteiger charge is 2.62. The number of aliphatic hydroxyl groups is 2. The number of allylic oxidation sites excluding steroid dienone is 4. The lowest BCUT2D eigenvalue weighted by molar-refractivity contribution is -0.138. The second kappa shape index (κ2) is 5.92. The molecular weight excluding hydrogens is 347 g/mol. The van der Waals surface area contributed by atoms with Crippen LogP contribution in [0.2, 0.25) is 0 Å². The molecule has 2 fully saturated rings. The van der Waals surface area contributed by atoms with Gasteiger partial charge in [0.15, 0.2) is 17.7 Å². The van der Waals surface area contributed by atoms with E-state index in [2.05, 4.69) is 6.92 Å². The molecule has 27 heavy (non-hydrogen) atoms. The third-order valence-electron chi connectivity index (χ3n) is 8.18. The SMILES string of the molecule is CC(F)C(=O)[C@H]1C(=O)C(O)=C2C3=C(O)CC4CCCC[C@]4(C)[C@H]3CC[C@@]21C. The average molecular weight is 376 g/mol. The molecule has 5 heteroatoms. The number of carbonyl (C=O) groups excluding carboxylic acids is 2. The molecule has 2 saturated carbocycles. The van der Waals surface area contributed by atoms with Gasteiger partial charge in [-0.3, -0.25) is 9.59 Å². The minimum Gasteiger partial charge on any atom is -0.512 e. The van der Waals surface area contributed by atoms with Crippen molar-refractivity contribution in [3.63, 3.8) is 0 Å². The van der Waals surface area contributed by atoms with Gasteiger partial charge in [0.1, 0.15) is 0 Å². The summed E-state index contributed by atoms with van der Waals surface area (Å²) in [5.41, 5.74) is 0.200. The van der Waals surface area contributed by atoms with Crippen LogP contribution in [0.3, 0.4) is 0 Å². The van der Waals surface area contributed by atoms with Crippen LogP contribution in [0.1, 0.15) is 65.7 Å². The molecule has 0 aromatic heterocycles. The van der Waals surface area contributed by atoms with Crippen LogP contribution in [0.25, 0.3) is 0 Å². The van der Waals surface area contributed by atoms with Crippen molar-refractivity contribution >= 4 is 11.6 Å². The Morgan fingerprint density at radius 3 is 2.56 bits per heavy atom. The lowest BCUT2D eigenvalue weighted by atomic mass is 9.49. The Bertz CT molecular complexity index is 779. The van der Waals surface area contributed by atoms with Gasteiger partial charge in [-0.15, -0.1) is 0 Å². The number of aliphatic hydroxyl groups excluding tert-OH is 2. The van der Waals surface area contributed by atoms with Gasteiger partial charge in [-0.25, -0.2) is 4.39 Å². The quantitative estimate of drug-likeness (QED) is 0.682. The van der Waals surface area contributed by atoms with Crippen LogP contribution in [0, 0.1) is 28.6 Å². The maximum absolute atomic E-state index is 13.8. The van der Waals surface area contributed by atoms with Gasteiger partial charge in [0.2, 0.25) is 5.78 Å². The first kappa shape index (κ1) is 18.7. The summed E-state index contributed by atoms with van der Waals surface area (Å²) in [5.74, 6) is -2.32. The summed E-state index contributed by atoms with van der Waals surface area (Å²) in [4.78, 5) is 25.2. The van der Waals surface area contributed by atoms with Crippen molar-refractivity contribution < 1.29 is 24.2 Å². The van der Waals surface area contributed by atoms with E-state index in [4.69, 9.17) is 0 Å². The lowest BCUT2D eigenvalue weighted by Crippen LogP contribution is -2.48. The molecule has 2 N–H and O–H groups in total. The van der Waals surface area contributed by atoms with Crippen molar-refractivity contribution in [1.29, 1.82) is 0 Å². The number of rotatable bonds is 2. The predicted octanol–water partition coefficient (Wildman–Crippen LogP) is 4.75. The van der Waals surface area contributed by atoms with Crippen molar-refractivity contribution in [1.82, 2.24) is 0 Å². The maximum Gasteiger partial charge on any atom is 0.208 e. The van der Waals surface area contributed by atoms with Crippen LogP contribution in [0.5, 0.6) is 0 Å². The molecule has 4 aliphatic rings. The van der Waals surface area contributed by atoms with E-state index in [0.717, 1.165) is 32.6 Å². The molecule has 148 valence electrons. The maximum atomic E-state index is 13.8. The fourth-order valence-electron chi connectivity index (χ4n) is 6.68. The zero-order chi connectivity index (χ0) is 19.7. The van der Waals surface area contributed by atoms with Gasteiger partial charge in [-0.2, -0.15) is 0 Å². The van der Waals surface area contributed by atoms with Gasteiger partial charge in [0.25, 0.3) is 0 Å². The van der Waals surface area contributed by atoms with Gasteiger partial charge in [-0.05, 0) is 49.9 Å². The fraction of sp³-hybridized carbons (Fsp3) is 0.727. The third kappa shape index (κ3) is 2.32. The summed E-state index contributed by atoms with van der Waals surface area (Å²) < 4.78 is 13.8. The van der Waals surface area contributed by atoms with Crippen LogP contribution in [0.4, 0.5) is 4.39 Å². The molecule has 0 spiro atoms. The van der Waals surface area contributed by atoms with E-state index in [1.807, 2.05) is 0 Å². The highest BCUT2D eigenvalue weighted by molar-refractivity contribution is 6.14. The number of hydrogen-bond donors (Lipinski definition) is 2. The molecule has 4 aliphatic carbocycles. The fourth-order valence-corrected chi connectivity index (χ4v) is 6.68. The third-order valence-corrected chi connectivity index (χ3v) is 8.18. The highest BCUT2D eigenvalue weighted by atomic mass is 19.1. The highest BCUT2D eigenvalue weighted by Crippen LogP contribution is 2.65. The summed E-state index contributed by atoms with van der Waals surface area (Å²) in [7, 11) is 0. The zero-order valence-electron chi connectivity index (χ0n) is 16.3. The van der Waals surface area contributed by atoms with Crippen molar-refractivity contribution in [2.75, 3.05) is 0 Å². The Kier molecular flexibility index (Phi) is 4.10. The minimum absolute atomic E-state index is 0.0347. The largest absolute Gasteiger partial charge is 0.512 e. The number of carbonyl (C=O) groups is 2. The normalized spacial score (nSPS) is 42.5. The number of halogens is 1. The predicted molar refractivity (Wildman–Crippen MR) is 98.9 cm³/mol. The zero-order valence-corrected chi connectivity index (χ0v) is 16.3. The molecule has 0 amide bonds. The van der Waals surface area contributed by atoms with Gasteiger partial charge in [0.05, 0.1) is 11.7 Å². The van der Waals surface area contributed by atoms with Gasteiger partial charge >= 0.3 is 0 Å². The number of ketones is 2. The Hall–Kier alpha value is -1.65. The van der Waals surface area contributed by atoms with E-state index in [1.54, 1.807) is 6.92 Å². The number of Topliss-reactive ketones (excluding diaryl/α,β-unsaturated/α-hetero) is 2. The molecule has 6 atom stereocenters. The molecule has 0 bridgehead atoms. The van der Waals surface area contributed by atoms with E-state index in [0.29, 0.717) is 29.9 Å². The number of alkyl halides is 1. The molecule has 4 nitrogen and oxygen atoms in total. The van der Waals surface area contributed by atoms with Crippen molar-refractivity contribution in [2.45, 2.75) is 71.9 Å². The topological polar surface area (TPSA) is 74.6 Å². The summed E-state index contributed by atoms with van der Waals surface area (Å²) >= 11 is 0.